The summed E-state index contributed by atoms with van der Waals surface area (Å²) in [4.78, 5) is 11.7. The third-order valence-electron chi connectivity index (χ3n) is 2.51. The third kappa shape index (κ3) is 3.21. The van der Waals surface area contributed by atoms with Crippen LogP contribution in [0.5, 0.6) is 0 Å². The van der Waals surface area contributed by atoms with Gasteiger partial charge >= 0.3 is 0 Å². The first-order valence-corrected chi connectivity index (χ1v) is 6.41. The highest BCUT2D eigenvalue weighted by molar-refractivity contribution is 9.10. The molecular formula is C11H14BrN5O2. The van der Waals surface area contributed by atoms with Crippen LogP contribution in [-0.2, 0) is 18.3 Å². The van der Waals surface area contributed by atoms with Crippen molar-refractivity contribution in [2.75, 3.05) is 19.0 Å². The SMILES string of the molecule is COCCn1cc(Nc2cnn(C)c(=O)c2Br)cn1. The Kier molecular flexibility index (Phi) is 4.33. The Bertz CT molecular complexity index is 622. The van der Waals surface area contributed by atoms with Gasteiger partial charge in [-0.05, 0) is 15.9 Å². The van der Waals surface area contributed by atoms with Crippen molar-refractivity contribution in [3.8, 4) is 0 Å². The van der Waals surface area contributed by atoms with Crippen molar-refractivity contribution in [1.82, 2.24) is 19.6 Å². The molecule has 2 rings (SSSR count). The lowest BCUT2D eigenvalue weighted by atomic mass is 10.4. The van der Waals surface area contributed by atoms with Crippen LogP contribution in [0.15, 0.2) is 27.9 Å². The number of aromatic nitrogens is 4. The maximum absolute atomic E-state index is 11.7. The average molecular weight is 328 g/mol. The van der Waals surface area contributed by atoms with Gasteiger partial charge in [0.2, 0.25) is 0 Å². The molecule has 102 valence electrons. The molecular weight excluding hydrogens is 314 g/mol. The second-order valence-electron chi connectivity index (χ2n) is 3.91. The van der Waals surface area contributed by atoms with Crippen molar-refractivity contribution in [2.24, 2.45) is 7.05 Å². The minimum absolute atomic E-state index is 0.197. The fourth-order valence-corrected chi connectivity index (χ4v) is 1.95. The van der Waals surface area contributed by atoms with Crippen LogP contribution < -0.4 is 10.9 Å². The third-order valence-corrected chi connectivity index (χ3v) is 3.28. The molecule has 0 aliphatic heterocycles. The molecule has 2 heterocycles. The number of ether oxygens (including phenoxy) is 1. The number of nitrogens with one attached hydrogen (secondary N) is 1. The van der Waals surface area contributed by atoms with Gasteiger partial charge in [-0.1, -0.05) is 0 Å². The predicted octanol–water partition coefficient (Wildman–Crippen LogP) is 1.13. The molecule has 0 aromatic carbocycles. The number of hydrogen-bond donors (Lipinski definition) is 1. The van der Waals surface area contributed by atoms with Crippen LogP contribution in [0.2, 0.25) is 0 Å². The van der Waals surface area contributed by atoms with Crippen molar-refractivity contribution in [1.29, 1.82) is 0 Å². The lowest BCUT2D eigenvalue weighted by Gasteiger charge is -2.06. The highest BCUT2D eigenvalue weighted by atomic mass is 79.9. The zero-order valence-corrected chi connectivity index (χ0v) is 12.2. The molecule has 0 atom stereocenters. The standard InChI is InChI=1S/C11H14BrN5O2/c1-16-11(18)10(12)9(6-13-16)15-8-5-14-17(7-8)3-4-19-2/h5-7,15H,3-4H2,1-2H3. The maximum atomic E-state index is 11.7. The first kappa shape index (κ1) is 13.8. The zero-order chi connectivity index (χ0) is 13.8. The van der Waals surface area contributed by atoms with E-state index in [9.17, 15) is 4.79 Å². The van der Waals surface area contributed by atoms with Crippen LogP contribution in [-0.4, -0.2) is 33.3 Å². The summed E-state index contributed by atoms with van der Waals surface area (Å²) >= 11 is 3.25. The van der Waals surface area contributed by atoms with Gasteiger partial charge in [-0.3, -0.25) is 9.48 Å². The van der Waals surface area contributed by atoms with Crippen molar-refractivity contribution in [2.45, 2.75) is 6.54 Å². The highest BCUT2D eigenvalue weighted by Gasteiger charge is 2.08. The van der Waals surface area contributed by atoms with E-state index in [0.29, 0.717) is 23.3 Å². The number of aryl methyl sites for hydroxylation is 1. The minimum Gasteiger partial charge on any atom is -0.383 e. The first-order valence-electron chi connectivity index (χ1n) is 5.62. The monoisotopic (exact) mass is 327 g/mol. The Morgan fingerprint density at radius 1 is 1.42 bits per heavy atom. The lowest BCUT2D eigenvalue weighted by Crippen LogP contribution is -2.20. The second kappa shape index (κ2) is 5.98. The van der Waals surface area contributed by atoms with Gasteiger partial charge in [-0.25, -0.2) is 4.68 Å². The Balaban J connectivity index is 2.15. The molecule has 8 heteroatoms. The topological polar surface area (TPSA) is 74.0 Å². The summed E-state index contributed by atoms with van der Waals surface area (Å²) in [5, 5.41) is 11.2. The number of halogens is 1. The van der Waals surface area contributed by atoms with E-state index in [-0.39, 0.29) is 5.56 Å². The summed E-state index contributed by atoms with van der Waals surface area (Å²) in [6.45, 7) is 1.27. The van der Waals surface area contributed by atoms with Crippen LogP contribution in [0.25, 0.3) is 0 Å². The summed E-state index contributed by atoms with van der Waals surface area (Å²) in [5.74, 6) is 0. The molecule has 0 spiro atoms. The molecule has 2 aromatic heterocycles. The van der Waals surface area contributed by atoms with E-state index in [2.05, 4.69) is 31.4 Å². The fraction of sp³-hybridized carbons (Fsp3) is 0.364. The molecule has 1 N–H and O–H groups in total. The molecule has 0 amide bonds. The summed E-state index contributed by atoms with van der Waals surface area (Å²) in [6, 6.07) is 0. The number of rotatable bonds is 5. The summed E-state index contributed by atoms with van der Waals surface area (Å²) < 4.78 is 8.44. The predicted molar refractivity (Wildman–Crippen MR) is 74.6 cm³/mol. The molecule has 0 bridgehead atoms. The molecule has 0 aliphatic rings. The molecule has 0 unspecified atom stereocenters. The molecule has 0 saturated carbocycles. The van der Waals surface area contributed by atoms with E-state index in [1.54, 1.807) is 31.2 Å². The van der Waals surface area contributed by atoms with Gasteiger partial charge in [-0.2, -0.15) is 10.2 Å². The van der Waals surface area contributed by atoms with Gasteiger partial charge in [0.15, 0.2) is 0 Å². The lowest BCUT2D eigenvalue weighted by molar-refractivity contribution is 0.183. The average Bonchev–Trinajstić information content (AvgIpc) is 2.85. The van der Waals surface area contributed by atoms with Crippen LogP contribution in [0.3, 0.4) is 0 Å². The van der Waals surface area contributed by atoms with Gasteiger partial charge in [0.25, 0.3) is 5.56 Å². The zero-order valence-electron chi connectivity index (χ0n) is 10.6. The van der Waals surface area contributed by atoms with E-state index in [1.807, 2.05) is 6.20 Å². The van der Waals surface area contributed by atoms with E-state index in [0.717, 1.165) is 5.69 Å². The van der Waals surface area contributed by atoms with Crippen molar-refractivity contribution < 1.29 is 4.74 Å². The molecule has 19 heavy (non-hydrogen) atoms. The molecule has 7 nitrogen and oxygen atoms in total. The van der Waals surface area contributed by atoms with Gasteiger partial charge in [0.1, 0.15) is 4.47 Å². The number of anilines is 2. The maximum Gasteiger partial charge on any atom is 0.282 e. The van der Waals surface area contributed by atoms with Crippen molar-refractivity contribution >= 4 is 27.3 Å². The normalized spacial score (nSPS) is 10.7. The van der Waals surface area contributed by atoms with E-state index >= 15 is 0 Å². The fourth-order valence-electron chi connectivity index (χ4n) is 1.49. The summed E-state index contributed by atoms with van der Waals surface area (Å²) in [6.07, 6.45) is 5.10. The minimum atomic E-state index is -0.197. The second-order valence-corrected chi connectivity index (χ2v) is 4.70. The van der Waals surface area contributed by atoms with Gasteiger partial charge in [-0.15, -0.1) is 0 Å². The van der Waals surface area contributed by atoms with E-state index < -0.39 is 0 Å². The van der Waals surface area contributed by atoms with Gasteiger partial charge < -0.3 is 10.1 Å². The number of nitrogens with zero attached hydrogens (tertiary/aromatic N) is 4. The van der Waals surface area contributed by atoms with Crippen LogP contribution in [0, 0.1) is 0 Å². The molecule has 2 aromatic rings. The Morgan fingerprint density at radius 2 is 2.21 bits per heavy atom. The molecule has 0 aliphatic carbocycles. The number of hydrogen-bond acceptors (Lipinski definition) is 5. The van der Waals surface area contributed by atoms with Crippen molar-refractivity contribution in [3.63, 3.8) is 0 Å². The summed E-state index contributed by atoms with van der Waals surface area (Å²) in [5.41, 5.74) is 1.19. The molecule has 0 fully saturated rings. The van der Waals surface area contributed by atoms with Crippen LogP contribution >= 0.6 is 15.9 Å². The van der Waals surface area contributed by atoms with E-state index in [1.165, 1.54) is 4.68 Å². The summed E-state index contributed by atoms with van der Waals surface area (Å²) in [7, 11) is 3.24. The van der Waals surface area contributed by atoms with Crippen LogP contribution in [0.1, 0.15) is 0 Å². The highest BCUT2D eigenvalue weighted by Crippen LogP contribution is 2.20. The molecule has 0 radical (unpaired) electrons. The van der Waals surface area contributed by atoms with Crippen molar-refractivity contribution in [3.05, 3.63) is 33.4 Å². The smallest absolute Gasteiger partial charge is 0.282 e. The Labute approximate surface area is 118 Å². The van der Waals surface area contributed by atoms with Gasteiger partial charge in [0, 0.05) is 20.4 Å². The Morgan fingerprint density at radius 3 is 2.95 bits per heavy atom. The van der Waals surface area contributed by atoms with Crippen LogP contribution in [0.4, 0.5) is 11.4 Å². The Hall–Kier alpha value is -1.67. The quantitative estimate of drug-likeness (QED) is 0.891. The largest absolute Gasteiger partial charge is 0.383 e. The molecule has 0 saturated heterocycles. The van der Waals surface area contributed by atoms with E-state index in [4.69, 9.17) is 4.74 Å². The number of methoxy groups -OCH3 is 1. The first-order chi connectivity index (χ1) is 9.11. The van der Waals surface area contributed by atoms with Gasteiger partial charge in [0.05, 0.1) is 36.9 Å².